The maximum atomic E-state index is 13.6. The van der Waals surface area contributed by atoms with Gasteiger partial charge in [0.1, 0.15) is 17.3 Å². The molecule has 1 fully saturated rings. The zero-order valence-corrected chi connectivity index (χ0v) is 13.8. The molecule has 118 valence electrons. The monoisotopic (exact) mass is 314 g/mol. The number of thioether (sulfide) groups is 1. The summed E-state index contributed by atoms with van der Waals surface area (Å²) < 4.78 is 19.1. The van der Waals surface area contributed by atoms with Crippen LogP contribution in [-0.4, -0.2) is 54.2 Å². The minimum Gasteiger partial charge on any atom is -0.377 e. The topological polar surface area (TPSA) is 50.3 Å². The second-order valence-corrected chi connectivity index (χ2v) is 6.56. The summed E-state index contributed by atoms with van der Waals surface area (Å²) in [5, 5.41) is 3.74. The van der Waals surface area contributed by atoms with Crippen LogP contribution in [0, 0.1) is 0 Å². The average molecular weight is 314 g/mol. The maximum Gasteiger partial charge on any atom is 0.191 e. The van der Waals surface area contributed by atoms with Crippen molar-refractivity contribution in [3.8, 4) is 0 Å². The van der Waals surface area contributed by atoms with Crippen molar-refractivity contribution in [1.82, 2.24) is 9.97 Å². The number of hydrogen-bond acceptors (Lipinski definition) is 6. The van der Waals surface area contributed by atoms with Gasteiger partial charge in [0, 0.05) is 19.2 Å². The van der Waals surface area contributed by atoms with E-state index in [0.29, 0.717) is 24.2 Å². The third kappa shape index (κ3) is 4.71. The fourth-order valence-electron chi connectivity index (χ4n) is 2.11. The lowest BCUT2D eigenvalue weighted by Gasteiger charge is -2.34. The van der Waals surface area contributed by atoms with E-state index >= 15 is 0 Å². The normalized spacial score (nSPS) is 19.7. The third-order valence-corrected chi connectivity index (χ3v) is 3.77. The molecule has 1 aromatic heterocycles. The Bertz CT molecular complexity index is 481. The molecule has 0 spiro atoms. The molecule has 1 atom stereocenters. The van der Waals surface area contributed by atoms with Gasteiger partial charge in [-0.05, 0) is 27.0 Å². The number of ether oxygens (including phenoxy) is 1. The van der Waals surface area contributed by atoms with Gasteiger partial charge in [-0.2, -0.15) is 0 Å². The Balaban J connectivity index is 2.20. The number of nitrogens with one attached hydrogen (secondary N) is 1. The molecule has 2 heterocycles. The summed E-state index contributed by atoms with van der Waals surface area (Å²) in [4.78, 5) is 11.2. The minimum absolute atomic E-state index is 0.218. The quantitative estimate of drug-likeness (QED) is 0.666. The second kappa shape index (κ2) is 6.79. The molecule has 1 aliphatic heterocycles. The summed E-state index contributed by atoms with van der Waals surface area (Å²) in [6, 6.07) is 2.15. The molecule has 2 rings (SSSR count). The highest BCUT2D eigenvalue weighted by molar-refractivity contribution is 7.98. The van der Waals surface area contributed by atoms with Crippen molar-refractivity contribution in [2.45, 2.75) is 37.6 Å². The Labute approximate surface area is 129 Å². The van der Waals surface area contributed by atoms with Crippen LogP contribution in [0.25, 0.3) is 0 Å². The van der Waals surface area contributed by atoms with Crippen LogP contribution in [0.5, 0.6) is 0 Å². The zero-order valence-electron chi connectivity index (χ0n) is 13.0. The summed E-state index contributed by atoms with van der Waals surface area (Å²) in [6.45, 7) is 7.61. The van der Waals surface area contributed by atoms with Gasteiger partial charge < -0.3 is 15.0 Å². The first-order valence-corrected chi connectivity index (χ1v) is 8.32. The van der Waals surface area contributed by atoms with Crippen molar-refractivity contribution in [3.05, 3.63) is 6.07 Å². The number of halogens is 1. The third-order valence-electron chi connectivity index (χ3n) is 3.23. The van der Waals surface area contributed by atoms with Gasteiger partial charge >= 0.3 is 0 Å². The van der Waals surface area contributed by atoms with Gasteiger partial charge in [0.25, 0.3) is 0 Å². The van der Waals surface area contributed by atoms with Crippen molar-refractivity contribution in [1.29, 1.82) is 0 Å². The molecule has 1 aliphatic rings. The van der Waals surface area contributed by atoms with Crippen molar-refractivity contribution in [2.24, 2.45) is 0 Å². The van der Waals surface area contributed by atoms with Crippen molar-refractivity contribution in [3.63, 3.8) is 0 Å². The van der Waals surface area contributed by atoms with E-state index in [2.05, 4.69) is 27.1 Å². The number of morpholine rings is 1. The molecule has 0 aliphatic carbocycles. The van der Waals surface area contributed by atoms with Crippen molar-refractivity contribution in [2.75, 3.05) is 42.8 Å². The van der Waals surface area contributed by atoms with Gasteiger partial charge in [-0.1, -0.05) is 11.8 Å². The summed E-state index contributed by atoms with van der Waals surface area (Å²) in [6.07, 6.45) is 1.94. The summed E-state index contributed by atoms with van der Waals surface area (Å²) >= 11 is 1.48. The Hall–Kier alpha value is -1.08. The molecular weight excluding hydrogens is 291 g/mol. The zero-order chi connectivity index (χ0) is 15.5. The van der Waals surface area contributed by atoms with Crippen LogP contribution in [0.4, 0.5) is 16.0 Å². The van der Waals surface area contributed by atoms with E-state index in [1.165, 1.54) is 11.8 Å². The number of hydrogen-bond donors (Lipinski definition) is 1. The van der Waals surface area contributed by atoms with Gasteiger partial charge in [-0.3, -0.25) is 0 Å². The number of aromatic nitrogens is 2. The minimum atomic E-state index is -1.28. The van der Waals surface area contributed by atoms with Gasteiger partial charge in [-0.15, -0.1) is 0 Å². The molecule has 0 amide bonds. The Morgan fingerprint density at radius 1 is 1.52 bits per heavy atom. The van der Waals surface area contributed by atoms with Crippen LogP contribution >= 0.6 is 11.8 Å². The largest absolute Gasteiger partial charge is 0.377 e. The highest BCUT2D eigenvalue weighted by Crippen LogP contribution is 2.24. The van der Waals surface area contributed by atoms with Crippen LogP contribution in [0.1, 0.15) is 20.8 Å². The first-order chi connectivity index (χ1) is 9.89. The Morgan fingerprint density at radius 2 is 2.29 bits per heavy atom. The van der Waals surface area contributed by atoms with Crippen LogP contribution in [-0.2, 0) is 4.74 Å². The van der Waals surface area contributed by atoms with Crippen molar-refractivity contribution >= 4 is 23.4 Å². The van der Waals surface area contributed by atoms with E-state index in [4.69, 9.17) is 4.74 Å². The fraction of sp³-hybridized carbons (Fsp3) is 0.714. The lowest BCUT2D eigenvalue weighted by Crippen LogP contribution is -2.44. The van der Waals surface area contributed by atoms with Gasteiger partial charge in [0.15, 0.2) is 5.16 Å². The van der Waals surface area contributed by atoms with Gasteiger partial charge in [0.2, 0.25) is 0 Å². The van der Waals surface area contributed by atoms with E-state index in [9.17, 15) is 4.39 Å². The van der Waals surface area contributed by atoms with Crippen LogP contribution in [0.2, 0.25) is 0 Å². The van der Waals surface area contributed by atoms with E-state index in [1.807, 2.05) is 12.3 Å². The lowest BCUT2D eigenvalue weighted by atomic mass is 10.2. The lowest BCUT2D eigenvalue weighted by molar-refractivity contribution is 0.0984. The second-order valence-electron chi connectivity index (χ2n) is 5.79. The maximum absolute atomic E-state index is 13.6. The molecule has 0 bridgehead atoms. The predicted octanol–water partition coefficient (Wildman–Crippen LogP) is 2.58. The van der Waals surface area contributed by atoms with E-state index in [0.717, 1.165) is 12.4 Å². The van der Waals surface area contributed by atoms with Crippen LogP contribution in [0.3, 0.4) is 0 Å². The molecule has 1 aromatic rings. The van der Waals surface area contributed by atoms with Gasteiger partial charge in [-0.25, -0.2) is 14.4 Å². The van der Waals surface area contributed by atoms with Crippen molar-refractivity contribution < 1.29 is 9.13 Å². The number of anilines is 2. The highest BCUT2D eigenvalue weighted by Gasteiger charge is 2.22. The molecule has 1 unspecified atom stereocenters. The molecule has 0 radical (unpaired) electrons. The number of nitrogens with zero attached hydrogens (tertiary/aromatic N) is 3. The van der Waals surface area contributed by atoms with E-state index in [-0.39, 0.29) is 12.6 Å². The average Bonchev–Trinajstić information content (AvgIpc) is 2.44. The molecule has 5 nitrogen and oxygen atoms in total. The summed E-state index contributed by atoms with van der Waals surface area (Å²) in [7, 11) is 0. The smallest absolute Gasteiger partial charge is 0.191 e. The van der Waals surface area contributed by atoms with Crippen LogP contribution < -0.4 is 10.2 Å². The molecule has 21 heavy (non-hydrogen) atoms. The molecular formula is C14H23FN4OS. The first kappa shape index (κ1) is 16.3. The SMILES string of the molecule is CSc1nc(NCC(C)(C)F)cc(N2CCOCC2C)n1. The predicted molar refractivity (Wildman–Crippen MR) is 85.1 cm³/mol. The van der Waals surface area contributed by atoms with E-state index < -0.39 is 5.67 Å². The highest BCUT2D eigenvalue weighted by atomic mass is 32.2. The molecule has 7 heteroatoms. The Morgan fingerprint density at radius 3 is 2.90 bits per heavy atom. The van der Waals surface area contributed by atoms with Gasteiger partial charge in [0.05, 0.1) is 19.3 Å². The molecule has 0 aromatic carbocycles. The molecule has 1 saturated heterocycles. The summed E-state index contributed by atoms with van der Waals surface area (Å²) in [5.41, 5.74) is -1.28. The molecule has 0 saturated carbocycles. The Kier molecular flexibility index (Phi) is 5.27. The van der Waals surface area contributed by atoms with E-state index in [1.54, 1.807) is 13.8 Å². The van der Waals surface area contributed by atoms with Crippen LogP contribution in [0.15, 0.2) is 11.2 Å². The fourth-order valence-corrected chi connectivity index (χ4v) is 2.48. The number of alkyl halides is 1. The molecule has 1 N–H and O–H groups in total. The standard InChI is InChI=1S/C14H23FN4OS/c1-10-8-20-6-5-19(10)12-7-11(16-9-14(2,3)15)17-13(18-12)21-4/h7,10H,5-6,8-9H2,1-4H3,(H,16,17,18). The summed E-state index contributed by atoms with van der Waals surface area (Å²) in [5.74, 6) is 1.53. The first-order valence-electron chi connectivity index (χ1n) is 7.09. The number of rotatable bonds is 5.